The number of hydrogen-bond donors (Lipinski definition) is 2. The van der Waals surface area contributed by atoms with Gasteiger partial charge in [-0.3, -0.25) is 0 Å². The maximum Gasteiger partial charge on any atom is 0.319 e. The Balaban J connectivity index is 1.55. The zero-order valence-electron chi connectivity index (χ0n) is 13.9. The number of benzene rings is 2. The molecule has 2 N–H and O–H groups in total. The topological polar surface area (TPSA) is 59.0 Å². The third-order valence-electron chi connectivity index (χ3n) is 3.80. The van der Waals surface area contributed by atoms with Gasteiger partial charge in [-0.15, -0.1) is 0 Å². The molecule has 0 spiro atoms. The molecule has 0 saturated carbocycles. The number of carbonyl (C=O) groups is 1. The summed E-state index contributed by atoms with van der Waals surface area (Å²) in [6.07, 6.45) is 5.48. The summed E-state index contributed by atoms with van der Waals surface area (Å²) in [7, 11) is 0. The van der Waals surface area contributed by atoms with Gasteiger partial charge >= 0.3 is 6.03 Å². The van der Waals surface area contributed by atoms with Crippen molar-refractivity contribution in [2.45, 2.75) is 20.0 Å². The van der Waals surface area contributed by atoms with Crippen LogP contribution in [0.4, 0.5) is 10.5 Å². The van der Waals surface area contributed by atoms with Crippen molar-refractivity contribution in [2.75, 3.05) is 5.32 Å². The highest BCUT2D eigenvalue weighted by Crippen LogP contribution is 2.20. The summed E-state index contributed by atoms with van der Waals surface area (Å²) in [5, 5.41) is 5.72. The lowest BCUT2D eigenvalue weighted by molar-refractivity contribution is 0.251. The molecular formula is C19H19BrN4O. The number of halogens is 1. The van der Waals surface area contributed by atoms with E-state index in [4.69, 9.17) is 0 Å². The average molecular weight is 399 g/mol. The minimum atomic E-state index is -0.226. The van der Waals surface area contributed by atoms with Gasteiger partial charge in [0.25, 0.3) is 0 Å². The van der Waals surface area contributed by atoms with Crippen LogP contribution in [0.25, 0.3) is 0 Å². The number of amides is 2. The highest BCUT2D eigenvalue weighted by atomic mass is 79.9. The molecule has 3 rings (SSSR count). The zero-order chi connectivity index (χ0) is 17.6. The van der Waals surface area contributed by atoms with E-state index >= 15 is 0 Å². The van der Waals surface area contributed by atoms with Crippen LogP contribution in [0, 0.1) is 6.92 Å². The van der Waals surface area contributed by atoms with Gasteiger partial charge < -0.3 is 15.2 Å². The number of carbonyl (C=O) groups excluding carboxylic acids is 1. The first-order valence-electron chi connectivity index (χ1n) is 7.95. The summed E-state index contributed by atoms with van der Waals surface area (Å²) in [4.78, 5) is 16.1. The molecule has 0 fully saturated rings. The molecule has 0 saturated heterocycles. The monoisotopic (exact) mass is 398 g/mol. The predicted molar refractivity (Wildman–Crippen MR) is 103 cm³/mol. The van der Waals surface area contributed by atoms with Gasteiger partial charge in [0.15, 0.2) is 0 Å². The van der Waals surface area contributed by atoms with Gasteiger partial charge in [-0.05, 0) is 35.7 Å². The molecule has 128 valence electrons. The van der Waals surface area contributed by atoms with Crippen LogP contribution < -0.4 is 10.6 Å². The summed E-state index contributed by atoms with van der Waals surface area (Å²) < 4.78 is 2.98. The van der Waals surface area contributed by atoms with E-state index < -0.39 is 0 Å². The van der Waals surface area contributed by atoms with Crippen LogP contribution in [0.2, 0.25) is 0 Å². The minimum absolute atomic E-state index is 0.226. The molecule has 2 amide bonds. The van der Waals surface area contributed by atoms with Gasteiger partial charge in [-0.25, -0.2) is 9.78 Å². The molecule has 6 heteroatoms. The first-order valence-corrected chi connectivity index (χ1v) is 8.74. The fourth-order valence-electron chi connectivity index (χ4n) is 2.46. The molecule has 2 aromatic carbocycles. The molecule has 0 unspecified atom stereocenters. The number of hydrogen-bond acceptors (Lipinski definition) is 2. The fraction of sp³-hybridized carbons (Fsp3) is 0.158. The van der Waals surface area contributed by atoms with E-state index in [-0.39, 0.29) is 6.03 Å². The van der Waals surface area contributed by atoms with E-state index in [0.717, 1.165) is 27.8 Å². The SMILES string of the molecule is Cc1ccc(NC(=O)NCc2cccc(Cn3ccnc3)c2)cc1Br. The van der Waals surface area contributed by atoms with Crippen molar-refractivity contribution in [1.82, 2.24) is 14.9 Å². The first-order chi connectivity index (χ1) is 12.1. The second-order valence-corrected chi connectivity index (χ2v) is 6.68. The van der Waals surface area contributed by atoms with Crippen LogP contribution in [-0.4, -0.2) is 15.6 Å². The van der Waals surface area contributed by atoms with Crippen LogP contribution in [0.5, 0.6) is 0 Å². The van der Waals surface area contributed by atoms with Crippen molar-refractivity contribution in [3.05, 3.63) is 82.3 Å². The van der Waals surface area contributed by atoms with Crippen LogP contribution in [0.3, 0.4) is 0 Å². The molecule has 0 aliphatic carbocycles. The second-order valence-electron chi connectivity index (χ2n) is 5.83. The maximum absolute atomic E-state index is 12.1. The number of urea groups is 1. The number of aryl methyl sites for hydroxylation is 1. The summed E-state index contributed by atoms with van der Waals surface area (Å²) in [6.45, 7) is 3.23. The van der Waals surface area contributed by atoms with Crippen molar-refractivity contribution < 1.29 is 4.79 Å². The molecular weight excluding hydrogens is 380 g/mol. The molecule has 0 aliphatic heterocycles. The Bertz CT molecular complexity index is 862. The normalized spacial score (nSPS) is 10.5. The number of nitrogens with zero attached hydrogens (tertiary/aromatic N) is 2. The Morgan fingerprint density at radius 2 is 2.04 bits per heavy atom. The zero-order valence-corrected chi connectivity index (χ0v) is 15.5. The van der Waals surface area contributed by atoms with Crippen molar-refractivity contribution in [1.29, 1.82) is 0 Å². The first kappa shape index (κ1) is 17.2. The average Bonchev–Trinajstić information content (AvgIpc) is 3.10. The molecule has 1 aromatic heterocycles. The third kappa shape index (κ3) is 4.93. The van der Waals surface area contributed by atoms with Crippen LogP contribution >= 0.6 is 15.9 Å². The van der Waals surface area contributed by atoms with E-state index in [1.165, 1.54) is 5.56 Å². The number of rotatable bonds is 5. The Morgan fingerprint density at radius 3 is 2.80 bits per heavy atom. The van der Waals surface area contributed by atoms with Crippen LogP contribution in [0.1, 0.15) is 16.7 Å². The van der Waals surface area contributed by atoms with Crippen LogP contribution in [0.15, 0.2) is 65.7 Å². The van der Waals surface area contributed by atoms with Gasteiger partial charge in [0.2, 0.25) is 0 Å². The third-order valence-corrected chi connectivity index (χ3v) is 4.65. The van der Waals surface area contributed by atoms with Crippen molar-refractivity contribution >= 4 is 27.6 Å². The molecule has 25 heavy (non-hydrogen) atoms. The van der Waals surface area contributed by atoms with E-state index in [2.05, 4.69) is 43.7 Å². The van der Waals surface area contributed by atoms with Gasteiger partial charge in [0, 0.05) is 35.6 Å². The lowest BCUT2D eigenvalue weighted by Crippen LogP contribution is -2.28. The maximum atomic E-state index is 12.1. The summed E-state index contributed by atoms with van der Waals surface area (Å²) >= 11 is 3.47. The predicted octanol–water partition coefficient (Wildman–Crippen LogP) is 4.32. The summed E-state index contributed by atoms with van der Waals surface area (Å²) in [6, 6.07) is 13.6. The fourth-order valence-corrected chi connectivity index (χ4v) is 2.84. The molecule has 5 nitrogen and oxygen atoms in total. The summed E-state index contributed by atoms with van der Waals surface area (Å²) in [5.41, 5.74) is 4.10. The van der Waals surface area contributed by atoms with Crippen molar-refractivity contribution in [3.63, 3.8) is 0 Å². The lowest BCUT2D eigenvalue weighted by atomic mass is 10.1. The molecule has 1 heterocycles. The Hall–Kier alpha value is -2.60. The van der Waals surface area contributed by atoms with Crippen molar-refractivity contribution in [3.8, 4) is 0 Å². The smallest absolute Gasteiger partial charge is 0.319 e. The Labute approximate surface area is 155 Å². The number of nitrogens with one attached hydrogen (secondary N) is 2. The summed E-state index contributed by atoms with van der Waals surface area (Å²) in [5.74, 6) is 0. The van der Waals surface area contributed by atoms with Crippen LogP contribution in [-0.2, 0) is 13.1 Å². The number of aromatic nitrogens is 2. The van der Waals surface area contributed by atoms with Gasteiger partial charge in [0.05, 0.1) is 6.33 Å². The molecule has 0 radical (unpaired) electrons. The van der Waals surface area contributed by atoms with Gasteiger partial charge in [-0.1, -0.05) is 46.3 Å². The van der Waals surface area contributed by atoms with Crippen molar-refractivity contribution in [2.24, 2.45) is 0 Å². The lowest BCUT2D eigenvalue weighted by Gasteiger charge is -2.10. The number of imidazole rings is 1. The van der Waals surface area contributed by atoms with E-state index in [9.17, 15) is 4.79 Å². The highest BCUT2D eigenvalue weighted by molar-refractivity contribution is 9.10. The Morgan fingerprint density at radius 1 is 1.20 bits per heavy atom. The number of anilines is 1. The van der Waals surface area contributed by atoms with E-state index in [1.54, 1.807) is 12.5 Å². The Kier molecular flexibility index (Phi) is 5.50. The van der Waals surface area contributed by atoms with E-state index in [1.807, 2.05) is 48.0 Å². The molecule has 3 aromatic rings. The standard InChI is InChI=1S/C19H19BrN4O/c1-14-5-6-17(10-18(14)20)23-19(25)22-11-15-3-2-4-16(9-15)12-24-8-7-21-13-24/h2-10,13H,11-12H2,1H3,(H2,22,23,25). The molecule has 0 aliphatic rings. The highest BCUT2D eigenvalue weighted by Gasteiger charge is 2.04. The van der Waals surface area contributed by atoms with Gasteiger partial charge in [0.1, 0.15) is 0 Å². The molecule has 0 atom stereocenters. The minimum Gasteiger partial charge on any atom is -0.334 e. The largest absolute Gasteiger partial charge is 0.334 e. The molecule has 0 bridgehead atoms. The quantitative estimate of drug-likeness (QED) is 0.671. The second kappa shape index (κ2) is 7.98. The van der Waals surface area contributed by atoms with E-state index in [0.29, 0.717) is 6.54 Å². The van der Waals surface area contributed by atoms with Gasteiger partial charge in [-0.2, -0.15) is 0 Å².